The highest BCUT2D eigenvalue weighted by molar-refractivity contribution is 6.02. The zero-order chi connectivity index (χ0) is 14.3. The first kappa shape index (κ1) is 12.9. The molecule has 1 nitrogen and oxygen atoms in total. The third-order valence-corrected chi connectivity index (χ3v) is 3.65. The summed E-state index contributed by atoms with van der Waals surface area (Å²) in [5.74, 6) is -0.551. The summed E-state index contributed by atoms with van der Waals surface area (Å²) in [7, 11) is 0. The molecule has 1 aliphatic carbocycles. The van der Waals surface area contributed by atoms with Crippen molar-refractivity contribution < 1.29 is 18.0 Å². The van der Waals surface area contributed by atoms with Gasteiger partial charge in [-0.1, -0.05) is 36.4 Å². The maximum Gasteiger partial charge on any atom is 0.416 e. The second kappa shape index (κ2) is 4.47. The van der Waals surface area contributed by atoms with Crippen LogP contribution in [-0.4, -0.2) is 5.78 Å². The fourth-order valence-electron chi connectivity index (χ4n) is 2.54. The van der Waals surface area contributed by atoms with Crippen molar-refractivity contribution in [1.82, 2.24) is 0 Å². The molecule has 0 saturated heterocycles. The van der Waals surface area contributed by atoms with Crippen LogP contribution < -0.4 is 0 Å². The van der Waals surface area contributed by atoms with Gasteiger partial charge < -0.3 is 0 Å². The maximum absolute atomic E-state index is 12.7. The second-order valence-electron chi connectivity index (χ2n) is 4.90. The van der Waals surface area contributed by atoms with Gasteiger partial charge in [-0.15, -0.1) is 0 Å². The number of hydrogen-bond donors (Lipinski definition) is 0. The normalized spacial score (nSPS) is 17.2. The topological polar surface area (TPSA) is 17.1 Å². The Hall–Kier alpha value is -2.10. The molecule has 1 atom stereocenters. The summed E-state index contributed by atoms with van der Waals surface area (Å²) in [4.78, 5) is 12.3. The van der Waals surface area contributed by atoms with Crippen LogP contribution in [0.5, 0.6) is 0 Å². The predicted octanol–water partition coefficient (Wildman–Crippen LogP) is 4.23. The molecule has 2 aromatic carbocycles. The molecule has 102 valence electrons. The first-order valence-corrected chi connectivity index (χ1v) is 6.26. The molecule has 0 fully saturated rings. The molecule has 20 heavy (non-hydrogen) atoms. The summed E-state index contributed by atoms with van der Waals surface area (Å²) in [6.45, 7) is 0. The number of alkyl halides is 3. The number of carbonyl (C=O) groups is 1. The molecule has 0 aliphatic heterocycles. The highest BCUT2D eigenvalue weighted by Gasteiger charge is 2.34. The number of halogens is 3. The molecule has 0 spiro atoms. The van der Waals surface area contributed by atoms with Crippen LogP contribution in [0.3, 0.4) is 0 Å². The van der Waals surface area contributed by atoms with Crippen LogP contribution in [0.4, 0.5) is 13.2 Å². The molecule has 3 rings (SSSR count). The number of Topliss-reactive ketones (excluding diaryl/α,β-unsaturated/α-hetero) is 1. The maximum atomic E-state index is 12.7. The largest absolute Gasteiger partial charge is 0.416 e. The molecule has 1 unspecified atom stereocenters. The summed E-state index contributed by atoms with van der Waals surface area (Å²) >= 11 is 0. The lowest BCUT2D eigenvalue weighted by molar-refractivity contribution is -0.137. The number of fused-ring (bicyclic) bond motifs is 1. The zero-order valence-corrected chi connectivity index (χ0v) is 10.4. The molecule has 0 bridgehead atoms. The van der Waals surface area contributed by atoms with Crippen LogP contribution in [0.25, 0.3) is 0 Å². The summed E-state index contributed by atoms with van der Waals surface area (Å²) in [5.41, 5.74) is 1.36. The van der Waals surface area contributed by atoms with Crippen molar-refractivity contribution in [1.29, 1.82) is 0 Å². The van der Waals surface area contributed by atoms with E-state index in [-0.39, 0.29) is 17.3 Å². The Morgan fingerprint density at radius 2 is 1.80 bits per heavy atom. The lowest BCUT2D eigenvalue weighted by Gasteiger charge is -2.28. The average Bonchev–Trinajstić information content (AvgIpc) is 2.39. The lowest BCUT2D eigenvalue weighted by Crippen LogP contribution is -2.25. The number of hydrogen-bond acceptors (Lipinski definition) is 1. The Morgan fingerprint density at radius 3 is 2.50 bits per heavy atom. The molecular weight excluding hydrogens is 265 g/mol. The van der Waals surface area contributed by atoms with E-state index in [4.69, 9.17) is 0 Å². The van der Waals surface area contributed by atoms with E-state index < -0.39 is 11.7 Å². The van der Waals surface area contributed by atoms with Crippen molar-refractivity contribution >= 4 is 5.78 Å². The summed E-state index contributed by atoms with van der Waals surface area (Å²) in [5, 5.41) is 0. The van der Waals surface area contributed by atoms with E-state index in [0.717, 1.165) is 23.3 Å². The first-order chi connectivity index (χ1) is 9.47. The van der Waals surface area contributed by atoms with Gasteiger partial charge in [-0.05, 0) is 29.7 Å². The third-order valence-electron chi connectivity index (χ3n) is 3.65. The number of carbonyl (C=O) groups excluding carboxylic acids is 1. The smallest absolute Gasteiger partial charge is 0.293 e. The zero-order valence-electron chi connectivity index (χ0n) is 10.4. The minimum Gasteiger partial charge on any atom is -0.293 e. The van der Waals surface area contributed by atoms with Crippen molar-refractivity contribution in [2.45, 2.75) is 18.5 Å². The van der Waals surface area contributed by atoms with Crippen LogP contribution in [0.15, 0.2) is 48.5 Å². The van der Waals surface area contributed by atoms with Crippen LogP contribution in [0, 0.1) is 0 Å². The first-order valence-electron chi connectivity index (χ1n) is 6.26. The highest BCUT2D eigenvalue weighted by atomic mass is 19.4. The standard InChI is InChI=1S/C16H11F3O/c17-16(18,19)12-6-3-5-11(8-12)15(20)14-9-10-4-1-2-7-13(10)14/h1-8,14H,9H2. The van der Waals surface area contributed by atoms with Gasteiger partial charge in [0.05, 0.1) is 11.5 Å². The Labute approximate surface area is 114 Å². The van der Waals surface area contributed by atoms with Crippen molar-refractivity contribution in [3.63, 3.8) is 0 Å². The van der Waals surface area contributed by atoms with Crippen LogP contribution in [-0.2, 0) is 12.6 Å². The summed E-state index contributed by atoms with van der Waals surface area (Å²) in [6, 6.07) is 12.2. The molecular formula is C16H11F3O. The van der Waals surface area contributed by atoms with Gasteiger partial charge in [0.1, 0.15) is 0 Å². The molecule has 1 aliphatic rings. The fraction of sp³-hybridized carbons (Fsp3) is 0.188. The van der Waals surface area contributed by atoms with E-state index >= 15 is 0 Å². The number of rotatable bonds is 2. The number of benzene rings is 2. The van der Waals surface area contributed by atoms with E-state index in [1.165, 1.54) is 12.1 Å². The van der Waals surface area contributed by atoms with Gasteiger partial charge in [0.2, 0.25) is 0 Å². The van der Waals surface area contributed by atoms with E-state index in [9.17, 15) is 18.0 Å². The summed E-state index contributed by atoms with van der Waals surface area (Å²) in [6.07, 6.45) is -3.82. The van der Waals surface area contributed by atoms with E-state index in [1.807, 2.05) is 24.3 Å². The molecule has 4 heteroatoms. The predicted molar refractivity (Wildman–Crippen MR) is 68.7 cm³/mol. The molecule has 0 N–H and O–H groups in total. The molecule has 2 aromatic rings. The van der Waals surface area contributed by atoms with Crippen molar-refractivity contribution in [3.05, 3.63) is 70.8 Å². The Kier molecular flexibility index (Phi) is 2.89. The Morgan fingerprint density at radius 1 is 1.05 bits per heavy atom. The average molecular weight is 276 g/mol. The fourth-order valence-corrected chi connectivity index (χ4v) is 2.54. The van der Waals surface area contributed by atoms with E-state index in [1.54, 1.807) is 0 Å². The van der Waals surface area contributed by atoms with Gasteiger partial charge in [0.15, 0.2) is 5.78 Å². The molecule has 0 radical (unpaired) electrons. The van der Waals surface area contributed by atoms with Crippen LogP contribution >= 0.6 is 0 Å². The molecule has 0 aromatic heterocycles. The third kappa shape index (κ3) is 2.11. The molecule has 0 saturated carbocycles. The van der Waals surface area contributed by atoms with Gasteiger partial charge in [-0.25, -0.2) is 0 Å². The SMILES string of the molecule is O=C(c1cccc(C(F)(F)F)c1)C1Cc2ccccc21. The minimum atomic E-state index is -4.42. The quantitative estimate of drug-likeness (QED) is 0.750. The second-order valence-corrected chi connectivity index (χ2v) is 4.90. The van der Waals surface area contributed by atoms with E-state index in [0.29, 0.717) is 6.42 Å². The van der Waals surface area contributed by atoms with Crippen LogP contribution in [0.2, 0.25) is 0 Å². The monoisotopic (exact) mass is 276 g/mol. The lowest BCUT2D eigenvalue weighted by atomic mass is 9.74. The molecule has 0 amide bonds. The van der Waals surface area contributed by atoms with Crippen molar-refractivity contribution in [3.8, 4) is 0 Å². The minimum absolute atomic E-state index is 0.124. The van der Waals surface area contributed by atoms with Gasteiger partial charge in [-0.3, -0.25) is 4.79 Å². The van der Waals surface area contributed by atoms with Gasteiger partial charge in [0, 0.05) is 5.56 Å². The van der Waals surface area contributed by atoms with Crippen LogP contribution in [0.1, 0.15) is 33.0 Å². The van der Waals surface area contributed by atoms with Crippen molar-refractivity contribution in [2.75, 3.05) is 0 Å². The Bertz CT molecular complexity index is 673. The van der Waals surface area contributed by atoms with Gasteiger partial charge in [-0.2, -0.15) is 13.2 Å². The highest BCUT2D eigenvalue weighted by Crippen LogP contribution is 2.38. The number of ketones is 1. The van der Waals surface area contributed by atoms with E-state index in [2.05, 4.69) is 0 Å². The van der Waals surface area contributed by atoms with Gasteiger partial charge >= 0.3 is 6.18 Å². The molecule has 0 heterocycles. The van der Waals surface area contributed by atoms with Crippen molar-refractivity contribution in [2.24, 2.45) is 0 Å². The summed E-state index contributed by atoms with van der Waals surface area (Å²) < 4.78 is 38.0. The Balaban J connectivity index is 1.90. The van der Waals surface area contributed by atoms with Gasteiger partial charge in [0.25, 0.3) is 0 Å².